The SMILES string of the molecule is CN(CCCNc1cc(-c2ccccc2Cl)nc2c(Br)ccn12)S(=O)(=O)c1ccccc1. The first-order valence-corrected chi connectivity index (χ1v) is 12.7. The molecule has 0 amide bonds. The number of anilines is 1. The second kappa shape index (κ2) is 9.62. The third-order valence-corrected chi connectivity index (χ3v) is 7.95. The van der Waals surface area contributed by atoms with Gasteiger partial charge in [0.25, 0.3) is 0 Å². The van der Waals surface area contributed by atoms with Gasteiger partial charge in [0.15, 0.2) is 5.65 Å². The zero-order chi connectivity index (χ0) is 22.7. The maximum Gasteiger partial charge on any atom is 0.242 e. The third kappa shape index (κ3) is 4.68. The number of halogens is 2. The van der Waals surface area contributed by atoms with Gasteiger partial charge in [-0.3, -0.25) is 4.40 Å². The summed E-state index contributed by atoms with van der Waals surface area (Å²) < 4.78 is 29.6. The van der Waals surface area contributed by atoms with E-state index in [2.05, 4.69) is 21.2 Å². The lowest BCUT2D eigenvalue weighted by molar-refractivity contribution is 0.465. The predicted molar refractivity (Wildman–Crippen MR) is 133 cm³/mol. The zero-order valence-electron chi connectivity index (χ0n) is 17.4. The third-order valence-electron chi connectivity index (χ3n) is 5.13. The van der Waals surface area contributed by atoms with E-state index >= 15 is 0 Å². The maximum absolute atomic E-state index is 12.7. The van der Waals surface area contributed by atoms with Gasteiger partial charge in [-0.15, -0.1) is 0 Å². The number of benzene rings is 2. The van der Waals surface area contributed by atoms with Crippen molar-refractivity contribution in [2.75, 3.05) is 25.5 Å². The Balaban J connectivity index is 1.49. The standard InChI is InChI=1S/C23H22BrClN4O2S/c1-28(32(30,31)17-8-3-2-4-9-17)14-7-13-26-22-16-21(18-10-5-6-11-20(18)25)27-23-19(24)12-15-29(22)23/h2-6,8-12,15-16,26H,7,13-14H2,1H3. The smallest absolute Gasteiger partial charge is 0.242 e. The van der Waals surface area contributed by atoms with Crippen LogP contribution in [0.25, 0.3) is 16.9 Å². The van der Waals surface area contributed by atoms with Gasteiger partial charge in [0.05, 0.1) is 15.1 Å². The van der Waals surface area contributed by atoms with Crippen molar-refractivity contribution in [3.05, 3.63) is 82.4 Å². The molecule has 166 valence electrons. The Hall–Kier alpha value is -2.39. The fourth-order valence-electron chi connectivity index (χ4n) is 3.40. The van der Waals surface area contributed by atoms with E-state index in [0.29, 0.717) is 29.4 Å². The zero-order valence-corrected chi connectivity index (χ0v) is 20.5. The van der Waals surface area contributed by atoms with Crippen LogP contribution in [0.5, 0.6) is 0 Å². The Morgan fingerprint density at radius 3 is 2.56 bits per heavy atom. The molecule has 0 aliphatic rings. The number of aromatic nitrogens is 2. The molecule has 4 aromatic rings. The van der Waals surface area contributed by atoms with Crippen molar-refractivity contribution >= 4 is 49.0 Å². The molecular weight excluding hydrogens is 512 g/mol. The number of sulfonamides is 1. The summed E-state index contributed by atoms with van der Waals surface area (Å²) in [5, 5.41) is 4.05. The van der Waals surface area contributed by atoms with E-state index in [4.69, 9.17) is 16.6 Å². The molecule has 0 fully saturated rings. The predicted octanol–water partition coefficient (Wildman–Crippen LogP) is 5.54. The van der Waals surface area contributed by atoms with Gasteiger partial charge in [0.2, 0.25) is 10.0 Å². The average molecular weight is 534 g/mol. The number of rotatable bonds is 8. The van der Waals surface area contributed by atoms with Crippen molar-refractivity contribution in [1.29, 1.82) is 0 Å². The monoisotopic (exact) mass is 532 g/mol. The van der Waals surface area contributed by atoms with Crippen LogP contribution in [0.1, 0.15) is 6.42 Å². The second-order valence-electron chi connectivity index (χ2n) is 7.28. The first-order valence-electron chi connectivity index (χ1n) is 10.1. The van der Waals surface area contributed by atoms with E-state index in [0.717, 1.165) is 27.2 Å². The quantitative estimate of drug-likeness (QED) is 0.302. The van der Waals surface area contributed by atoms with Gasteiger partial charge in [0.1, 0.15) is 5.82 Å². The summed E-state index contributed by atoms with van der Waals surface area (Å²) in [5.74, 6) is 0.851. The Labute approximate surface area is 201 Å². The fraction of sp³-hybridized carbons (Fsp3) is 0.174. The lowest BCUT2D eigenvalue weighted by Gasteiger charge is -2.18. The number of nitrogens with zero attached hydrogens (tertiary/aromatic N) is 3. The number of nitrogens with one attached hydrogen (secondary N) is 1. The molecule has 2 heterocycles. The first kappa shape index (κ1) is 22.8. The van der Waals surface area contributed by atoms with Crippen LogP contribution in [0.2, 0.25) is 5.02 Å². The number of fused-ring (bicyclic) bond motifs is 1. The normalized spacial score (nSPS) is 11.9. The minimum Gasteiger partial charge on any atom is -0.371 e. The second-order valence-corrected chi connectivity index (χ2v) is 10.6. The molecule has 0 aliphatic heterocycles. The minimum absolute atomic E-state index is 0.299. The summed E-state index contributed by atoms with van der Waals surface area (Å²) in [6, 6.07) is 19.9. The molecule has 6 nitrogen and oxygen atoms in total. The molecule has 0 unspecified atom stereocenters. The van der Waals surface area contributed by atoms with Crippen molar-refractivity contribution in [1.82, 2.24) is 13.7 Å². The highest BCUT2D eigenvalue weighted by Gasteiger charge is 2.19. The van der Waals surface area contributed by atoms with Crippen molar-refractivity contribution in [2.24, 2.45) is 0 Å². The van der Waals surface area contributed by atoms with Crippen LogP contribution >= 0.6 is 27.5 Å². The van der Waals surface area contributed by atoms with E-state index in [1.807, 2.05) is 47.0 Å². The summed E-state index contributed by atoms with van der Waals surface area (Å²) >= 11 is 9.94. The van der Waals surface area contributed by atoms with E-state index in [1.165, 1.54) is 4.31 Å². The van der Waals surface area contributed by atoms with Crippen molar-refractivity contribution in [3.8, 4) is 11.3 Å². The molecule has 9 heteroatoms. The minimum atomic E-state index is -3.49. The van der Waals surface area contributed by atoms with Gasteiger partial charge in [-0.05, 0) is 46.6 Å². The van der Waals surface area contributed by atoms with Gasteiger partial charge in [0, 0.05) is 43.0 Å². The van der Waals surface area contributed by atoms with Gasteiger partial charge in [-0.2, -0.15) is 0 Å². The van der Waals surface area contributed by atoms with E-state index in [1.54, 1.807) is 37.4 Å². The summed E-state index contributed by atoms with van der Waals surface area (Å²) in [4.78, 5) is 5.05. The van der Waals surface area contributed by atoms with Gasteiger partial charge in [-0.1, -0.05) is 48.0 Å². The van der Waals surface area contributed by atoms with E-state index < -0.39 is 10.0 Å². The molecule has 0 aliphatic carbocycles. The van der Waals surface area contributed by atoms with Crippen LogP contribution in [-0.2, 0) is 10.0 Å². The summed E-state index contributed by atoms with van der Waals surface area (Å²) in [5.41, 5.74) is 2.38. The first-order chi connectivity index (χ1) is 15.4. The van der Waals surface area contributed by atoms with E-state index in [9.17, 15) is 8.42 Å². The molecule has 0 saturated heterocycles. The van der Waals surface area contributed by atoms with Crippen LogP contribution < -0.4 is 5.32 Å². The highest BCUT2D eigenvalue weighted by molar-refractivity contribution is 9.10. The molecule has 0 atom stereocenters. The largest absolute Gasteiger partial charge is 0.371 e. The molecule has 4 rings (SSSR count). The molecule has 0 bridgehead atoms. The number of hydrogen-bond acceptors (Lipinski definition) is 4. The van der Waals surface area contributed by atoms with Crippen molar-refractivity contribution in [3.63, 3.8) is 0 Å². The van der Waals surface area contributed by atoms with Crippen molar-refractivity contribution in [2.45, 2.75) is 11.3 Å². The van der Waals surface area contributed by atoms with Crippen molar-refractivity contribution < 1.29 is 8.42 Å². The van der Waals surface area contributed by atoms with Crippen LogP contribution in [-0.4, -0.2) is 42.2 Å². The average Bonchev–Trinajstić information content (AvgIpc) is 3.18. The Kier molecular flexibility index (Phi) is 6.85. The van der Waals surface area contributed by atoms with Gasteiger partial charge in [-0.25, -0.2) is 17.7 Å². The fourth-order valence-corrected chi connectivity index (χ4v) is 5.26. The summed E-state index contributed by atoms with van der Waals surface area (Å²) in [7, 11) is -1.89. The Bertz CT molecular complexity index is 1340. The summed E-state index contributed by atoms with van der Waals surface area (Å²) in [6.07, 6.45) is 2.56. The molecule has 2 aromatic carbocycles. The Morgan fingerprint density at radius 2 is 1.81 bits per heavy atom. The molecular formula is C23H22BrClN4O2S. The Morgan fingerprint density at radius 1 is 1.09 bits per heavy atom. The number of hydrogen-bond donors (Lipinski definition) is 1. The highest BCUT2D eigenvalue weighted by Crippen LogP contribution is 2.31. The lowest BCUT2D eigenvalue weighted by atomic mass is 10.1. The van der Waals surface area contributed by atoms with Crippen LogP contribution in [0.3, 0.4) is 0 Å². The van der Waals surface area contributed by atoms with Crippen LogP contribution in [0, 0.1) is 0 Å². The topological polar surface area (TPSA) is 66.7 Å². The molecule has 32 heavy (non-hydrogen) atoms. The summed E-state index contributed by atoms with van der Waals surface area (Å²) in [6.45, 7) is 0.983. The lowest BCUT2D eigenvalue weighted by Crippen LogP contribution is -2.29. The molecule has 1 N–H and O–H groups in total. The molecule has 0 spiro atoms. The molecule has 0 saturated carbocycles. The molecule has 0 radical (unpaired) electrons. The van der Waals surface area contributed by atoms with Crippen LogP contribution in [0.15, 0.2) is 82.3 Å². The molecule has 2 aromatic heterocycles. The maximum atomic E-state index is 12.7. The van der Waals surface area contributed by atoms with Crippen LogP contribution in [0.4, 0.5) is 5.82 Å². The van der Waals surface area contributed by atoms with E-state index in [-0.39, 0.29) is 0 Å². The van der Waals surface area contributed by atoms with Gasteiger partial charge < -0.3 is 5.32 Å². The highest BCUT2D eigenvalue weighted by atomic mass is 79.9. The van der Waals surface area contributed by atoms with Gasteiger partial charge >= 0.3 is 0 Å².